The fourth-order valence-electron chi connectivity index (χ4n) is 12.8. The molecule has 106 heavy (non-hydrogen) atoms. The molecule has 0 saturated carbocycles. The van der Waals surface area contributed by atoms with Crippen molar-refractivity contribution >= 4 is 122 Å². The van der Waals surface area contributed by atoms with Crippen LogP contribution in [0.25, 0.3) is 0 Å². The molecule has 36 nitrogen and oxygen atoms in total. The molecule has 39 heteroatoms. The number of unbranched alkanes of at least 4 members (excludes halogenated alkanes) is 1. The number of rotatable bonds is 34. The van der Waals surface area contributed by atoms with E-state index in [1.165, 1.54) is 39.0 Å². The van der Waals surface area contributed by atoms with Gasteiger partial charge in [0.15, 0.2) is 11.9 Å². The second kappa shape index (κ2) is 44.2. The number of aromatic nitrogens is 2. The highest BCUT2D eigenvalue weighted by molar-refractivity contribution is 8.76. The molecule has 0 spiro atoms. The molecule has 2 aromatic rings. The molecule has 0 bridgehead atoms. The van der Waals surface area contributed by atoms with Gasteiger partial charge in [-0.1, -0.05) is 65.8 Å². The lowest BCUT2D eigenvalue weighted by molar-refractivity contribution is -0.145. The van der Waals surface area contributed by atoms with Gasteiger partial charge in [-0.3, -0.25) is 67.5 Å². The molecule has 0 aliphatic carbocycles. The number of nitrogens with one attached hydrogen (secondary N) is 10. The lowest BCUT2D eigenvalue weighted by atomic mass is 10.0. The molecule has 1 aromatic heterocycles. The first-order chi connectivity index (χ1) is 50.7. The molecule has 5 heterocycles. The van der Waals surface area contributed by atoms with E-state index in [1.54, 1.807) is 44.2 Å². The van der Waals surface area contributed by atoms with E-state index in [0.29, 0.717) is 49.1 Å². The molecule has 12 atom stereocenters. The molecule has 6 rings (SSSR count). The molecule has 586 valence electrons. The Morgan fingerprint density at radius 3 is 1.90 bits per heavy atom. The molecular weight excluding hydrogens is 1430 g/mol. The molecule has 0 radical (unpaired) electrons. The van der Waals surface area contributed by atoms with Gasteiger partial charge in [0, 0.05) is 69.0 Å². The van der Waals surface area contributed by atoms with Crippen molar-refractivity contribution in [1.82, 2.24) is 72.5 Å². The number of nitrogens with two attached hydrogens (primary N) is 6. The van der Waals surface area contributed by atoms with Gasteiger partial charge in [0.1, 0.15) is 66.5 Å². The Morgan fingerprint density at radius 2 is 1.26 bits per heavy atom. The highest BCUT2D eigenvalue weighted by Gasteiger charge is 2.44. The summed E-state index contributed by atoms with van der Waals surface area (Å²) in [7, 11) is 2.10. The summed E-state index contributed by atoms with van der Waals surface area (Å²) in [4.78, 5) is 204. The molecule has 1 unspecified atom stereocenters. The fraction of sp³-hybridized carbons (Fsp3) is 0.642. The first kappa shape index (κ1) is 86.0. The largest absolute Gasteiger partial charge is 0.480 e. The number of thioether (sulfide) groups is 1. The normalized spacial score (nSPS) is 22.4. The van der Waals surface area contributed by atoms with E-state index in [2.05, 4.69) is 67.8 Å². The lowest BCUT2D eigenvalue weighted by Crippen LogP contribution is -2.61. The summed E-state index contributed by atoms with van der Waals surface area (Å²) in [5.74, 6) is -10.4. The van der Waals surface area contributed by atoms with Crippen LogP contribution in [0.5, 0.6) is 0 Å². The first-order valence-corrected chi connectivity index (χ1v) is 39.7. The van der Waals surface area contributed by atoms with Crippen molar-refractivity contribution in [1.29, 1.82) is 0 Å². The summed E-state index contributed by atoms with van der Waals surface area (Å²) < 4.78 is 0. The lowest BCUT2D eigenvalue weighted by Gasteiger charge is -2.31. The van der Waals surface area contributed by atoms with Crippen molar-refractivity contribution < 1.29 is 67.4 Å². The molecular formula is C67H106N22O14S3. The number of nitrogens with zero attached hydrogens (tertiary/aromatic N) is 6. The van der Waals surface area contributed by atoms with E-state index in [-0.39, 0.29) is 146 Å². The summed E-state index contributed by atoms with van der Waals surface area (Å²) in [5.41, 5.74) is 35.7. The number of carboxylic acid groups (broad SMARTS) is 1. The van der Waals surface area contributed by atoms with E-state index in [4.69, 9.17) is 34.4 Å². The van der Waals surface area contributed by atoms with Gasteiger partial charge in [-0.15, -0.1) is 0 Å². The number of hydrogen-bond acceptors (Lipinski definition) is 21. The quantitative estimate of drug-likeness (QED) is 0.0137. The average molecular weight is 1540 g/mol. The number of aromatic amines is 1. The maximum absolute atomic E-state index is 14.9. The van der Waals surface area contributed by atoms with E-state index < -0.39 is 156 Å². The van der Waals surface area contributed by atoms with Gasteiger partial charge in [0.05, 0.1) is 18.9 Å². The number of carboxylic acids is 1. The number of carbonyl (C=O) groups excluding carboxylic acids is 12. The average Bonchev–Trinajstić information content (AvgIpc) is 1.63. The van der Waals surface area contributed by atoms with E-state index >= 15 is 0 Å². The number of aliphatic carboxylic acids is 1. The monoisotopic (exact) mass is 1540 g/mol. The van der Waals surface area contributed by atoms with Crippen molar-refractivity contribution in [3.05, 3.63) is 54.1 Å². The number of carbonyl (C=O) groups is 13. The number of aliphatic imine (C=N–C) groups is 2. The molecule has 4 saturated heterocycles. The third-order valence-electron chi connectivity index (χ3n) is 18.3. The smallest absolute Gasteiger partial charge is 0.326 e. The summed E-state index contributed by atoms with van der Waals surface area (Å²) in [6.07, 6.45) is 7.69. The van der Waals surface area contributed by atoms with E-state index in [0.717, 1.165) is 21.6 Å². The SMILES string of the molecule is CSCC[C@H](NC(=O)[C@@H]1CCCN1C(=O)CNC(=O)[C@H](CCCCN)NC(=O)[C@H](Cc1cnc[nH]1)NC(=O)[C@@H]1CSSC[C@H](N)C(=O)N[C@@H](CCCN=C(N)N)C(=O)N2CCC[C@H]2C(=O)NC(CCCN=C(N)N)C(=O)N[C@@H](CC(C)C)C(=O)N1)C(=O)N1CCC[C@H]1C(=O)N[C@@H](Cc1ccccc1)C(=O)O. The van der Waals surface area contributed by atoms with Crippen LogP contribution < -0.4 is 82.3 Å². The Morgan fingerprint density at radius 1 is 0.660 bits per heavy atom. The molecule has 1 aromatic carbocycles. The Labute approximate surface area is 628 Å². The third kappa shape index (κ3) is 27.4. The Bertz CT molecular complexity index is 3370. The van der Waals surface area contributed by atoms with Crippen LogP contribution in [0, 0.1) is 5.92 Å². The number of imidazole rings is 1. The molecule has 12 amide bonds. The topological polar surface area (TPSA) is 570 Å². The summed E-state index contributed by atoms with van der Waals surface area (Å²) >= 11 is 1.43. The third-order valence-corrected chi connectivity index (χ3v) is 21.4. The van der Waals surface area contributed by atoms with Crippen molar-refractivity contribution in [2.24, 2.45) is 50.3 Å². The van der Waals surface area contributed by atoms with Crippen LogP contribution in [0.15, 0.2) is 52.8 Å². The van der Waals surface area contributed by atoms with E-state index in [1.807, 2.05) is 6.26 Å². The Balaban J connectivity index is 1.19. The Kier molecular flexibility index (Phi) is 35.9. The van der Waals surface area contributed by atoms with Crippen LogP contribution in [0.2, 0.25) is 0 Å². The summed E-state index contributed by atoms with van der Waals surface area (Å²) in [5, 5.41) is 34.6. The van der Waals surface area contributed by atoms with Crippen LogP contribution in [0.4, 0.5) is 0 Å². The minimum Gasteiger partial charge on any atom is -0.480 e. The highest BCUT2D eigenvalue weighted by atomic mass is 33.1. The van der Waals surface area contributed by atoms with Crippen LogP contribution in [-0.4, -0.2) is 260 Å². The fourth-order valence-corrected chi connectivity index (χ4v) is 15.5. The van der Waals surface area contributed by atoms with Crippen LogP contribution >= 0.6 is 33.3 Å². The van der Waals surface area contributed by atoms with Gasteiger partial charge >= 0.3 is 5.97 Å². The number of fused-ring (bicyclic) bond motifs is 1. The predicted octanol–water partition coefficient (Wildman–Crippen LogP) is -4.00. The number of hydrogen-bond donors (Lipinski definition) is 17. The van der Waals surface area contributed by atoms with Crippen molar-refractivity contribution in [2.75, 3.05) is 69.3 Å². The predicted molar refractivity (Wildman–Crippen MR) is 401 cm³/mol. The number of likely N-dealkylation sites (tertiary alicyclic amines) is 2. The summed E-state index contributed by atoms with van der Waals surface area (Å²) in [6.45, 7) is 3.83. The van der Waals surface area contributed by atoms with Gasteiger partial charge in [-0.05, 0) is 126 Å². The van der Waals surface area contributed by atoms with Gasteiger partial charge in [-0.2, -0.15) is 11.8 Å². The van der Waals surface area contributed by atoms with E-state index in [9.17, 15) is 67.4 Å². The number of guanidine groups is 2. The highest BCUT2D eigenvalue weighted by Crippen LogP contribution is 2.26. The second-order valence-corrected chi connectivity index (χ2v) is 30.4. The maximum Gasteiger partial charge on any atom is 0.326 e. The van der Waals surface area contributed by atoms with Gasteiger partial charge < -0.3 is 107 Å². The maximum atomic E-state index is 14.9. The Hall–Kier alpha value is -8.95. The minimum atomic E-state index is -1.49. The van der Waals surface area contributed by atoms with Crippen LogP contribution in [0.1, 0.15) is 121 Å². The zero-order valence-electron chi connectivity index (χ0n) is 60.3. The van der Waals surface area contributed by atoms with Gasteiger partial charge in [0.2, 0.25) is 70.9 Å². The standard InChI is InChI=1S/C67H106N22O14S3/c1-38(2)30-46-57(94)86-49(36-106-105-35-41(69)54(91)81-44(18-10-25-76-67(72)73)63(100)88-27-12-20-51(88)61(98)80-43(56(93)83-46)17-9-24-75-66(70)71)59(96)84-47(32-40-33-74-37-78-40)58(95)79-42(16-7-8-23-68)55(92)77-34-53(90)87-26-11-19-50(87)60(97)82-45(22-29-104-3)64(101)89-28-13-21-52(89)62(99)85-48(65(102)103)31-39-14-5-4-6-15-39/h4-6,14-15,33,37-38,41-52H,7-13,16-32,34-36,68-69H2,1-3H3,(H,74,78)(H,77,92)(H,79,95)(H,80,98)(H,81,91)(H,82,97)(H,83,93)(H,84,96)(H,85,99)(H,86,94)(H,102,103)(H4,70,71,75)(H4,72,73,76)/t41-,42-,43?,44-,45-,46-,47-,48-,49-,50-,51-,52-/m0/s1. The number of H-pyrrole nitrogens is 1. The zero-order chi connectivity index (χ0) is 77.4. The number of amides is 12. The van der Waals surface area contributed by atoms with Gasteiger partial charge in [0.25, 0.3) is 0 Å². The van der Waals surface area contributed by atoms with Crippen molar-refractivity contribution in [3.63, 3.8) is 0 Å². The summed E-state index contributed by atoms with van der Waals surface area (Å²) in [6, 6.07) is -6.11. The zero-order valence-corrected chi connectivity index (χ0v) is 62.7. The molecule has 4 fully saturated rings. The van der Waals surface area contributed by atoms with Gasteiger partial charge in [-0.25, -0.2) is 9.78 Å². The van der Waals surface area contributed by atoms with Crippen LogP contribution in [-0.2, 0) is 75.2 Å². The van der Waals surface area contributed by atoms with Crippen molar-refractivity contribution in [3.8, 4) is 0 Å². The van der Waals surface area contributed by atoms with Crippen LogP contribution in [0.3, 0.4) is 0 Å². The molecule has 4 aliphatic heterocycles. The van der Waals surface area contributed by atoms with Crippen molar-refractivity contribution in [2.45, 2.75) is 196 Å². The number of benzene rings is 1. The first-order valence-electron chi connectivity index (χ1n) is 35.8. The molecule has 4 aliphatic rings. The minimum absolute atomic E-state index is 0.00709. The second-order valence-electron chi connectivity index (χ2n) is 26.9. The molecule has 23 N–H and O–H groups in total.